The highest BCUT2D eigenvalue weighted by molar-refractivity contribution is 7.96. The number of thiol groups is 1. The Morgan fingerprint density at radius 1 is 0.585 bits per heavy atom. The molecule has 202 valence electrons. The smallest absolute Gasteiger partial charge is 0.186 e. The molecule has 0 saturated carbocycles. The summed E-state index contributed by atoms with van der Waals surface area (Å²) >= 11 is 4.08. The minimum atomic E-state index is -0.166. The first-order valence-electron chi connectivity index (χ1n) is 13.5. The Bertz CT molecular complexity index is 1680. The van der Waals surface area contributed by atoms with Gasteiger partial charge in [-0.3, -0.25) is 4.79 Å². The molecule has 6 heteroatoms. The second-order valence-electron chi connectivity index (χ2n) is 9.86. The molecule has 0 unspecified atom stereocenters. The van der Waals surface area contributed by atoms with Crippen molar-refractivity contribution < 1.29 is 14.3 Å². The average Bonchev–Trinajstić information content (AvgIpc) is 3.02. The van der Waals surface area contributed by atoms with E-state index in [0.717, 1.165) is 55.8 Å². The van der Waals surface area contributed by atoms with Gasteiger partial charge in [-0.05, 0) is 59.7 Å². The van der Waals surface area contributed by atoms with Crippen molar-refractivity contribution in [1.29, 1.82) is 0 Å². The van der Waals surface area contributed by atoms with Crippen LogP contribution in [0.5, 0.6) is 11.5 Å². The van der Waals surface area contributed by atoms with Crippen LogP contribution in [-0.2, 0) is 18.0 Å². The average molecular weight is 557 g/mol. The van der Waals surface area contributed by atoms with E-state index in [9.17, 15) is 4.79 Å². The molecule has 41 heavy (non-hydrogen) atoms. The van der Waals surface area contributed by atoms with Crippen molar-refractivity contribution in [1.82, 2.24) is 9.97 Å². The molecule has 0 aliphatic rings. The Labute approximate surface area is 244 Å². The summed E-state index contributed by atoms with van der Waals surface area (Å²) in [6.45, 7) is 0.748. The van der Waals surface area contributed by atoms with E-state index in [4.69, 9.17) is 9.47 Å². The number of rotatable bonds is 10. The number of fused-ring (bicyclic) bond motifs is 2. The number of carbonyl (C=O) groups excluding carboxylic acids is 1. The van der Waals surface area contributed by atoms with Crippen molar-refractivity contribution in [2.75, 3.05) is 0 Å². The van der Waals surface area contributed by atoms with E-state index < -0.39 is 0 Å². The van der Waals surface area contributed by atoms with Crippen molar-refractivity contribution in [3.05, 3.63) is 144 Å². The molecule has 0 radical (unpaired) electrons. The van der Waals surface area contributed by atoms with Crippen LogP contribution in [0, 0.1) is 0 Å². The molecule has 0 N–H and O–H groups in total. The van der Waals surface area contributed by atoms with Crippen LogP contribution in [0.3, 0.4) is 0 Å². The summed E-state index contributed by atoms with van der Waals surface area (Å²) in [7, 11) is 0. The summed E-state index contributed by atoms with van der Waals surface area (Å²) in [6.07, 6.45) is 0.283. The number of carbonyl (C=O) groups is 1. The van der Waals surface area contributed by atoms with Gasteiger partial charge in [-0.2, -0.15) is 0 Å². The Morgan fingerprint density at radius 2 is 1.02 bits per heavy atom. The summed E-state index contributed by atoms with van der Waals surface area (Å²) in [5.74, 6) is 1.35. The van der Waals surface area contributed by atoms with Crippen molar-refractivity contribution in [3.63, 3.8) is 0 Å². The van der Waals surface area contributed by atoms with Crippen molar-refractivity contribution in [2.24, 2.45) is 0 Å². The topological polar surface area (TPSA) is 61.3 Å². The van der Waals surface area contributed by atoms with E-state index >= 15 is 0 Å². The number of ether oxygens (including phenoxy) is 2. The van der Waals surface area contributed by atoms with Crippen LogP contribution in [0.2, 0.25) is 0 Å². The molecule has 0 amide bonds. The zero-order valence-corrected chi connectivity index (χ0v) is 23.2. The molecular weight excluding hydrogens is 528 g/mol. The molecular formula is C35H28N2O3S. The number of para-hydroxylation sites is 2. The molecule has 0 atom stereocenters. The lowest BCUT2D eigenvalue weighted by atomic mass is 9.89. The zero-order valence-electron chi connectivity index (χ0n) is 22.3. The largest absolute Gasteiger partial charge is 0.487 e. The van der Waals surface area contributed by atoms with Crippen molar-refractivity contribution >= 4 is 39.5 Å². The van der Waals surface area contributed by atoms with Gasteiger partial charge in [0.2, 0.25) is 0 Å². The van der Waals surface area contributed by atoms with Gasteiger partial charge in [-0.1, -0.05) is 72.8 Å². The Morgan fingerprint density at radius 3 is 1.46 bits per heavy atom. The molecule has 5 nitrogen and oxygen atoms in total. The minimum absolute atomic E-state index is 0.132. The number of pyridine rings is 2. The lowest BCUT2D eigenvalue weighted by Crippen LogP contribution is -2.06. The lowest BCUT2D eigenvalue weighted by Gasteiger charge is -2.18. The van der Waals surface area contributed by atoms with Crippen LogP contribution in [0.1, 0.15) is 34.9 Å². The molecule has 0 aliphatic carbocycles. The van der Waals surface area contributed by atoms with Gasteiger partial charge in [0.05, 0.1) is 22.4 Å². The van der Waals surface area contributed by atoms with Crippen LogP contribution in [0.25, 0.3) is 21.8 Å². The predicted octanol–water partition coefficient (Wildman–Crippen LogP) is 7.92. The number of aromatic nitrogens is 2. The molecule has 0 spiro atoms. The summed E-state index contributed by atoms with van der Waals surface area (Å²) in [6, 6.07) is 39.9. The fourth-order valence-corrected chi connectivity index (χ4v) is 5.07. The van der Waals surface area contributed by atoms with Crippen LogP contribution >= 0.6 is 12.6 Å². The SMILES string of the molecule is O=C(S)CC(c1ccc(OCc2ccc3ccccc3n2)cc1)c1ccc(OCc2ccc3ccccc3n2)cc1. The summed E-state index contributed by atoms with van der Waals surface area (Å²) in [5.41, 5.74) is 5.65. The fraction of sp³-hybridized carbons (Fsp3) is 0.114. The molecule has 6 aromatic rings. The first-order valence-corrected chi connectivity index (χ1v) is 13.9. The number of benzene rings is 4. The molecule has 4 aromatic carbocycles. The van der Waals surface area contributed by atoms with Gasteiger partial charge in [0.1, 0.15) is 24.7 Å². The number of hydrogen-bond acceptors (Lipinski definition) is 5. The summed E-state index contributed by atoms with van der Waals surface area (Å²) < 4.78 is 12.0. The maximum atomic E-state index is 12.0. The van der Waals surface area contributed by atoms with Gasteiger partial charge >= 0.3 is 0 Å². The normalized spacial score (nSPS) is 11.2. The third kappa shape index (κ3) is 6.56. The second kappa shape index (κ2) is 12.2. The zero-order chi connectivity index (χ0) is 28.0. The third-order valence-corrected chi connectivity index (χ3v) is 7.21. The van der Waals surface area contributed by atoms with Crippen LogP contribution < -0.4 is 9.47 Å². The van der Waals surface area contributed by atoms with Crippen molar-refractivity contribution in [3.8, 4) is 11.5 Å². The predicted molar refractivity (Wildman–Crippen MR) is 165 cm³/mol. The standard InChI is InChI=1S/C35H28N2O3S/c38-35(41)21-32(24-11-17-30(18-12-24)39-22-28-15-9-26-5-1-3-7-33(26)36-28)25-13-19-31(20-14-25)40-23-29-16-10-27-6-2-4-8-34(27)37-29/h1-20,32H,21-23H2,(H,38,41). The summed E-state index contributed by atoms with van der Waals surface area (Å²) in [5, 5.41) is 2.04. The first kappa shape index (κ1) is 26.5. The highest BCUT2D eigenvalue weighted by Gasteiger charge is 2.17. The van der Waals surface area contributed by atoms with Crippen LogP contribution in [0.4, 0.5) is 0 Å². The maximum Gasteiger partial charge on any atom is 0.186 e. The quantitative estimate of drug-likeness (QED) is 0.174. The molecule has 0 bridgehead atoms. The Hall–Kier alpha value is -4.68. The number of hydrogen-bond donors (Lipinski definition) is 1. The van der Waals surface area contributed by atoms with Gasteiger partial charge in [-0.25, -0.2) is 9.97 Å². The van der Waals surface area contributed by atoms with E-state index in [1.54, 1.807) is 0 Å². The van der Waals surface area contributed by atoms with Crippen LogP contribution in [0.15, 0.2) is 121 Å². The van der Waals surface area contributed by atoms with Gasteiger partial charge < -0.3 is 9.47 Å². The van der Waals surface area contributed by atoms with Crippen molar-refractivity contribution in [2.45, 2.75) is 25.6 Å². The minimum Gasteiger partial charge on any atom is -0.487 e. The highest BCUT2D eigenvalue weighted by Crippen LogP contribution is 2.31. The van der Waals surface area contributed by atoms with Crippen LogP contribution in [-0.4, -0.2) is 15.1 Å². The molecule has 0 saturated heterocycles. The Kier molecular flexibility index (Phi) is 7.92. The molecule has 2 heterocycles. The van der Waals surface area contributed by atoms with E-state index in [1.807, 2.05) is 109 Å². The molecule has 6 rings (SSSR count). The van der Waals surface area contributed by atoms with E-state index in [0.29, 0.717) is 13.2 Å². The Balaban J connectivity index is 1.11. The highest BCUT2D eigenvalue weighted by atomic mass is 32.1. The third-order valence-electron chi connectivity index (χ3n) is 7.03. The molecule has 0 fully saturated rings. The second-order valence-corrected chi connectivity index (χ2v) is 10.4. The lowest BCUT2D eigenvalue weighted by molar-refractivity contribution is -0.111. The first-order chi connectivity index (χ1) is 20.1. The maximum absolute atomic E-state index is 12.0. The monoisotopic (exact) mass is 556 g/mol. The fourth-order valence-electron chi connectivity index (χ4n) is 4.89. The molecule has 2 aromatic heterocycles. The number of nitrogens with zero attached hydrogens (tertiary/aromatic N) is 2. The molecule has 0 aliphatic heterocycles. The van der Waals surface area contributed by atoms with Gasteiger partial charge in [0.15, 0.2) is 5.12 Å². The van der Waals surface area contributed by atoms with E-state index in [-0.39, 0.29) is 17.5 Å². The summed E-state index contributed by atoms with van der Waals surface area (Å²) in [4.78, 5) is 21.4. The van der Waals surface area contributed by atoms with E-state index in [1.165, 1.54) is 0 Å². The van der Waals surface area contributed by atoms with Gasteiger partial charge in [0.25, 0.3) is 0 Å². The van der Waals surface area contributed by atoms with E-state index in [2.05, 4.69) is 34.7 Å². The van der Waals surface area contributed by atoms with Gasteiger partial charge in [0, 0.05) is 23.1 Å². The van der Waals surface area contributed by atoms with Gasteiger partial charge in [-0.15, -0.1) is 12.6 Å².